The monoisotopic (exact) mass is 307 g/mol. The zero-order valence-electron chi connectivity index (χ0n) is 13.3. The lowest BCUT2D eigenvalue weighted by Gasteiger charge is -2.21. The van der Waals surface area contributed by atoms with Crippen molar-refractivity contribution in [2.75, 3.05) is 26.4 Å². The van der Waals surface area contributed by atoms with Crippen LogP contribution in [0, 0.1) is 0 Å². The van der Waals surface area contributed by atoms with E-state index in [1.807, 2.05) is 31.2 Å². The van der Waals surface area contributed by atoms with Gasteiger partial charge in [0.2, 0.25) is 5.91 Å². The minimum absolute atomic E-state index is 0.0239. The van der Waals surface area contributed by atoms with Crippen molar-refractivity contribution in [1.82, 2.24) is 5.32 Å². The van der Waals surface area contributed by atoms with E-state index in [-0.39, 0.29) is 11.9 Å². The van der Waals surface area contributed by atoms with Crippen LogP contribution in [0.15, 0.2) is 24.3 Å². The standard InChI is InChI=1S/C17H25NO4/c1-3-20-11-12-21-13(2)17(19)18-15-8-6-10-22-16-9-5-4-7-14(15)16/h4-5,7,9,13,15H,3,6,8,10-12H2,1-2H3,(H,18,19)/t13-,15-/m1/s1. The van der Waals surface area contributed by atoms with Gasteiger partial charge in [0.05, 0.1) is 25.9 Å². The van der Waals surface area contributed by atoms with Gasteiger partial charge in [-0.3, -0.25) is 4.79 Å². The first-order valence-corrected chi connectivity index (χ1v) is 7.93. The molecule has 1 aliphatic heterocycles. The number of fused-ring (bicyclic) bond motifs is 1. The van der Waals surface area contributed by atoms with Crippen molar-refractivity contribution in [2.24, 2.45) is 0 Å². The Bertz CT molecular complexity index is 477. The number of carbonyl (C=O) groups excluding carboxylic acids is 1. The molecular formula is C17H25NO4. The first-order chi connectivity index (χ1) is 10.7. The van der Waals surface area contributed by atoms with Crippen molar-refractivity contribution in [3.05, 3.63) is 29.8 Å². The van der Waals surface area contributed by atoms with Crippen LogP contribution in [0.25, 0.3) is 0 Å². The predicted octanol–water partition coefficient (Wildman–Crippen LogP) is 2.46. The Morgan fingerprint density at radius 3 is 3.05 bits per heavy atom. The van der Waals surface area contributed by atoms with Crippen molar-refractivity contribution < 1.29 is 19.0 Å². The topological polar surface area (TPSA) is 56.8 Å². The molecule has 22 heavy (non-hydrogen) atoms. The minimum atomic E-state index is -0.489. The quantitative estimate of drug-likeness (QED) is 0.786. The molecule has 1 aliphatic rings. The van der Waals surface area contributed by atoms with Crippen molar-refractivity contribution in [1.29, 1.82) is 0 Å². The smallest absolute Gasteiger partial charge is 0.249 e. The average molecular weight is 307 g/mol. The van der Waals surface area contributed by atoms with Gasteiger partial charge in [0, 0.05) is 12.2 Å². The van der Waals surface area contributed by atoms with Crippen LogP contribution in [0.1, 0.15) is 38.3 Å². The summed E-state index contributed by atoms with van der Waals surface area (Å²) in [6, 6.07) is 7.84. The van der Waals surface area contributed by atoms with E-state index in [0.29, 0.717) is 26.4 Å². The summed E-state index contributed by atoms with van der Waals surface area (Å²) < 4.78 is 16.4. The number of hydrogen-bond donors (Lipinski definition) is 1. The highest BCUT2D eigenvalue weighted by molar-refractivity contribution is 5.80. The first kappa shape index (κ1) is 16.8. The third kappa shape index (κ3) is 4.71. The molecule has 1 amide bonds. The summed E-state index contributed by atoms with van der Waals surface area (Å²) in [5.41, 5.74) is 1.04. The van der Waals surface area contributed by atoms with E-state index in [0.717, 1.165) is 24.2 Å². The predicted molar refractivity (Wildman–Crippen MR) is 84.0 cm³/mol. The van der Waals surface area contributed by atoms with Crippen LogP contribution in [-0.2, 0) is 14.3 Å². The largest absolute Gasteiger partial charge is 0.493 e. The Hall–Kier alpha value is -1.59. The second-order valence-corrected chi connectivity index (χ2v) is 5.30. The second kappa shape index (κ2) is 8.76. The Labute approximate surface area is 131 Å². The summed E-state index contributed by atoms with van der Waals surface area (Å²) in [5.74, 6) is 0.758. The number of hydrogen-bond acceptors (Lipinski definition) is 4. The van der Waals surface area contributed by atoms with Gasteiger partial charge in [-0.1, -0.05) is 18.2 Å². The molecule has 0 saturated carbocycles. The number of para-hydroxylation sites is 1. The van der Waals surface area contributed by atoms with E-state index >= 15 is 0 Å². The lowest BCUT2D eigenvalue weighted by atomic mass is 10.0. The van der Waals surface area contributed by atoms with Gasteiger partial charge in [0.25, 0.3) is 0 Å². The molecule has 0 radical (unpaired) electrons. The molecule has 0 saturated heterocycles. The van der Waals surface area contributed by atoms with E-state index in [1.165, 1.54) is 0 Å². The third-order valence-corrected chi connectivity index (χ3v) is 3.67. The maximum absolute atomic E-state index is 12.3. The lowest BCUT2D eigenvalue weighted by Crippen LogP contribution is -2.37. The van der Waals surface area contributed by atoms with Crippen molar-refractivity contribution in [3.63, 3.8) is 0 Å². The van der Waals surface area contributed by atoms with Crippen LogP contribution in [0.5, 0.6) is 5.75 Å². The zero-order valence-corrected chi connectivity index (χ0v) is 13.3. The van der Waals surface area contributed by atoms with Gasteiger partial charge in [-0.2, -0.15) is 0 Å². The summed E-state index contributed by atoms with van der Waals surface area (Å²) in [4.78, 5) is 12.3. The van der Waals surface area contributed by atoms with Crippen molar-refractivity contribution in [2.45, 2.75) is 38.8 Å². The highest BCUT2D eigenvalue weighted by atomic mass is 16.5. The molecule has 2 rings (SSSR count). The molecule has 1 aromatic carbocycles. The molecule has 2 atom stereocenters. The second-order valence-electron chi connectivity index (χ2n) is 5.30. The number of nitrogens with one attached hydrogen (secondary N) is 1. The summed E-state index contributed by atoms with van der Waals surface area (Å²) in [7, 11) is 0. The molecule has 0 aliphatic carbocycles. The fourth-order valence-electron chi connectivity index (χ4n) is 2.47. The third-order valence-electron chi connectivity index (χ3n) is 3.67. The van der Waals surface area contributed by atoms with Crippen LogP contribution < -0.4 is 10.1 Å². The van der Waals surface area contributed by atoms with Crippen LogP contribution in [0.3, 0.4) is 0 Å². The van der Waals surface area contributed by atoms with Crippen LogP contribution in [0.4, 0.5) is 0 Å². The van der Waals surface area contributed by atoms with E-state index < -0.39 is 6.10 Å². The Morgan fingerprint density at radius 2 is 2.23 bits per heavy atom. The van der Waals surface area contributed by atoms with Crippen molar-refractivity contribution >= 4 is 5.91 Å². The van der Waals surface area contributed by atoms with E-state index in [2.05, 4.69) is 5.32 Å². The molecule has 1 N–H and O–H groups in total. The molecule has 0 unspecified atom stereocenters. The summed E-state index contributed by atoms with van der Waals surface area (Å²) in [6.07, 6.45) is 1.30. The van der Waals surface area contributed by atoms with Gasteiger partial charge in [-0.05, 0) is 32.8 Å². The van der Waals surface area contributed by atoms with Crippen LogP contribution in [-0.4, -0.2) is 38.4 Å². The van der Waals surface area contributed by atoms with Gasteiger partial charge in [-0.25, -0.2) is 0 Å². The van der Waals surface area contributed by atoms with Gasteiger partial charge >= 0.3 is 0 Å². The summed E-state index contributed by atoms with van der Waals surface area (Å²) in [6.45, 7) is 5.97. The number of ether oxygens (including phenoxy) is 3. The molecule has 0 aromatic heterocycles. The maximum Gasteiger partial charge on any atom is 0.249 e. The Balaban J connectivity index is 1.90. The Kier molecular flexibility index (Phi) is 6.68. The summed E-state index contributed by atoms with van der Waals surface area (Å²) >= 11 is 0. The maximum atomic E-state index is 12.3. The van der Waals surface area contributed by atoms with Crippen LogP contribution in [0.2, 0.25) is 0 Å². The first-order valence-electron chi connectivity index (χ1n) is 7.93. The molecule has 0 fully saturated rings. The number of rotatable bonds is 7. The number of carbonyl (C=O) groups is 1. The average Bonchev–Trinajstić information content (AvgIpc) is 2.74. The van der Waals surface area contributed by atoms with Crippen molar-refractivity contribution in [3.8, 4) is 5.75 Å². The van der Waals surface area contributed by atoms with Crippen LogP contribution >= 0.6 is 0 Å². The fraction of sp³-hybridized carbons (Fsp3) is 0.588. The molecule has 1 heterocycles. The van der Waals surface area contributed by atoms with Gasteiger partial charge in [0.1, 0.15) is 11.9 Å². The normalized spacial score (nSPS) is 18.7. The van der Waals surface area contributed by atoms with E-state index in [1.54, 1.807) is 6.92 Å². The molecule has 5 nitrogen and oxygen atoms in total. The molecule has 1 aromatic rings. The fourth-order valence-corrected chi connectivity index (χ4v) is 2.47. The zero-order chi connectivity index (χ0) is 15.8. The van der Waals surface area contributed by atoms with E-state index in [4.69, 9.17) is 14.2 Å². The molecular weight excluding hydrogens is 282 g/mol. The molecule has 5 heteroatoms. The molecule has 122 valence electrons. The minimum Gasteiger partial charge on any atom is -0.493 e. The number of benzene rings is 1. The highest BCUT2D eigenvalue weighted by Crippen LogP contribution is 2.31. The molecule has 0 spiro atoms. The van der Waals surface area contributed by atoms with Gasteiger partial charge in [-0.15, -0.1) is 0 Å². The molecule has 0 bridgehead atoms. The lowest BCUT2D eigenvalue weighted by molar-refractivity contribution is -0.133. The Morgan fingerprint density at radius 1 is 1.41 bits per heavy atom. The van der Waals surface area contributed by atoms with E-state index in [9.17, 15) is 4.79 Å². The van der Waals surface area contributed by atoms with Gasteiger partial charge < -0.3 is 19.5 Å². The van der Waals surface area contributed by atoms with Gasteiger partial charge in [0.15, 0.2) is 0 Å². The highest BCUT2D eigenvalue weighted by Gasteiger charge is 2.23. The summed E-state index contributed by atoms with van der Waals surface area (Å²) in [5, 5.41) is 3.07. The number of amides is 1. The SMILES string of the molecule is CCOCCO[C@H](C)C(=O)N[C@@H]1CCCOc2ccccc21.